The van der Waals surface area contributed by atoms with Crippen LogP contribution in [0, 0.1) is 11.6 Å². The first-order valence-corrected chi connectivity index (χ1v) is 4.55. The van der Waals surface area contributed by atoms with Gasteiger partial charge in [0.25, 0.3) is 0 Å². The Balaban J connectivity index is 2.08. The molecule has 0 radical (unpaired) electrons. The van der Waals surface area contributed by atoms with Crippen molar-refractivity contribution in [2.24, 2.45) is 0 Å². The average molecular weight is 199 g/mol. The molecule has 1 saturated heterocycles. The van der Waals surface area contributed by atoms with Crippen molar-refractivity contribution in [2.75, 3.05) is 18.5 Å². The molecule has 1 fully saturated rings. The van der Waals surface area contributed by atoms with E-state index < -0.39 is 11.6 Å². The summed E-state index contributed by atoms with van der Waals surface area (Å²) in [5.41, 5.74) is 0.335. The van der Waals surface area contributed by atoms with Gasteiger partial charge in [0.1, 0.15) is 11.6 Å². The Morgan fingerprint density at radius 2 is 2.21 bits per heavy atom. The van der Waals surface area contributed by atoms with Crippen LogP contribution in [-0.4, -0.2) is 19.3 Å². The molecule has 4 heteroatoms. The van der Waals surface area contributed by atoms with Crippen LogP contribution in [0.4, 0.5) is 14.5 Å². The molecular formula is C10H11F2NO. The second-order valence-electron chi connectivity index (χ2n) is 3.33. The second kappa shape index (κ2) is 3.92. The lowest BCUT2D eigenvalue weighted by Gasteiger charge is -2.12. The van der Waals surface area contributed by atoms with Crippen molar-refractivity contribution >= 4 is 5.69 Å². The Kier molecular flexibility index (Phi) is 2.63. The van der Waals surface area contributed by atoms with Gasteiger partial charge >= 0.3 is 0 Å². The van der Waals surface area contributed by atoms with Crippen molar-refractivity contribution in [3.8, 4) is 0 Å². The monoisotopic (exact) mass is 199 g/mol. The first-order chi connectivity index (χ1) is 6.75. The third-order valence-corrected chi connectivity index (χ3v) is 2.22. The van der Waals surface area contributed by atoms with Crippen molar-refractivity contribution in [3.05, 3.63) is 29.8 Å². The van der Waals surface area contributed by atoms with Gasteiger partial charge in [0, 0.05) is 12.7 Å². The number of ether oxygens (including phenoxy) is 1. The summed E-state index contributed by atoms with van der Waals surface area (Å²) in [4.78, 5) is 0. The molecule has 2 rings (SSSR count). The van der Waals surface area contributed by atoms with E-state index in [1.54, 1.807) is 0 Å². The molecule has 0 bridgehead atoms. The van der Waals surface area contributed by atoms with E-state index in [4.69, 9.17) is 4.74 Å². The molecule has 1 N–H and O–H groups in total. The molecule has 1 aliphatic rings. The van der Waals surface area contributed by atoms with Crippen LogP contribution >= 0.6 is 0 Å². The van der Waals surface area contributed by atoms with Gasteiger partial charge in [-0.15, -0.1) is 0 Å². The van der Waals surface area contributed by atoms with Gasteiger partial charge in [-0.1, -0.05) is 0 Å². The molecule has 0 aliphatic carbocycles. The molecule has 14 heavy (non-hydrogen) atoms. The van der Waals surface area contributed by atoms with Gasteiger partial charge in [0.2, 0.25) is 0 Å². The number of hydrogen-bond donors (Lipinski definition) is 1. The zero-order valence-corrected chi connectivity index (χ0v) is 7.59. The summed E-state index contributed by atoms with van der Waals surface area (Å²) in [5.74, 6) is -1.12. The van der Waals surface area contributed by atoms with E-state index in [9.17, 15) is 8.78 Å². The third-order valence-electron chi connectivity index (χ3n) is 2.22. The minimum Gasteiger partial charge on any atom is -0.379 e. The molecule has 2 nitrogen and oxygen atoms in total. The molecule has 1 atom stereocenters. The first kappa shape index (κ1) is 9.40. The van der Waals surface area contributed by atoms with Gasteiger partial charge in [0.15, 0.2) is 0 Å². The molecule has 1 aromatic rings. The number of nitrogens with one attached hydrogen (secondary N) is 1. The lowest BCUT2D eigenvalue weighted by atomic mass is 10.2. The van der Waals surface area contributed by atoms with Crippen molar-refractivity contribution in [1.29, 1.82) is 0 Å². The van der Waals surface area contributed by atoms with Gasteiger partial charge in [-0.2, -0.15) is 0 Å². The number of hydrogen-bond acceptors (Lipinski definition) is 2. The maximum absolute atomic E-state index is 13.2. The van der Waals surface area contributed by atoms with E-state index in [1.165, 1.54) is 12.1 Å². The number of rotatable bonds is 2. The molecule has 1 aliphatic heterocycles. The molecule has 1 heterocycles. The van der Waals surface area contributed by atoms with E-state index in [0.29, 0.717) is 18.9 Å². The predicted octanol–water partition coefficient (Wildman–Crippen LogP) is 2.17. The second-order valence-corrected chi connectivity index (χ2v) is 3.33. The Morgan fingerprint density at radius 3 is 2.86 bits per heavy atom. The highest BCUT2D eigenvalue weighted by atomic mass is 19.1. The van der Waals surface area contributed by atoms with Crippen LogP contribution in [-0.2, 0) is 4.74 Å². The number of halogens is 2. The Morgan fingerprint density at radius 1 is 1.36 bits per heavy atom. The van der Waals surface area contributed by atoms with E-state index in [-0.39, 0.29) is 6.04 Å². The van der Waals surface area contributed by atoms with Crippen molar-refractivity contribution in [3.63, 3.8) is 0 Å². The first-order valence-electron chi connectivity index (χ1n) is 4.55. The zero-order valence-electron chi connectivity index (χ0n) is 7.59. The van der Waals surface area contributed by atoms with Gasteiger partial charge < -0.3 is 10.1 Å². The van der Waals surface area contributed by atoms with E-state index in [0.717, 1.165) is 12.5 Å². The standard InChI is InChI=1S/C10H11F2NO/c11-7-1-2-10(9(12)5-7)13-8-3-4-14-6-8/h1-2,5,8,13H,3-4,6H2. The zero-order chi connectivity index (χ0) is 9.97. The van der Waals surface area contributed by atoms with E-state index in [1.807, 2.05) is 0 Å². The molecule has 76 valence electrons. The minimum absolute atomic E-state index is 0.134. The van der Waals surface area contributed by atoms with Crippen LogP contribution in [0.15, 0.2) is 18.2 Å². The highest BCUT2D eigenvalue weighted by Gasteiger charge is 2.16. The van der Waals surface area contributed by atoms with E-state index >= 15 is 0 Å². The summed E-state index contributed by atoms with van der Waals surface area (Å²) < 4.78 is 30.9. The summed E-state index contributed by atoms with van der Waals surface area (Å²) >= 11 is 0. The van der Waals surface area contributed by atoms with Gasteiger partial charge in [-0.05, 0) is 18.6 Å². The highest BCUT2D eigenvalue weighted by molar-refractivity contribution is 5.45. The summed E-state index contributed by atoms with van der Waals surface area (Å²) in [6, 6.07) is 3.65. The number of benzene rings is 1. The van der Waals surface area contributed by atoms with Gasteiger partial charge in [0.05, 0.1) is 18.3 Å². The van der Waals surface area contributed by atoms with Crippen LogP contribution in [0.2, 0.25) is 0 Å². The molecule has 0 saturated carbocycles. The van der Waals surface area contributed by atoms with Crippen LogP contribution in [0.1, 0.15) is 6.42 Å². The molecule has 0 amide bonds. The molecule has 0 spiro atoms. The third kappa shape index (κ3) is 2.01. The SMILES string of the molecule is Fc1ccc(NC2CCOC2)c(F)c1. The summed E-state index contributed by atoms with van der Waals surface area (Å²) in [7, 11) is 0. The number of anilines is 1. The van der Waals surface area contributed by atoms with E-state index in [2.05, 4.69) is 5.32 Å². The fourth-order valence-corrected chi connectivity index (χ4v) is 1.47. The quantitative estimate of drug-likeness (QED) is 0.788. The maximum atomic E-state index is 13.2. The highest BCUT2D eigenvalue weighted by Crippen LogP contribution is 2.18. The summed E-state index contributed by atoms with van der Waals surface area (Å²) in [6.45, 7) is 1.28. The fraction of sp³-hybridized carbons (Fsp3) is 0.400. The van der Waals surface area contributed by atoms with Crippen molar-refractivity contribution < 1.29 is 13.5 Å². The molecule has 1 unspecified atom stereocenters. The van der Waals surface area contributed by atoms with Crippen LogP contribution < -0.4 is 5.32 Å². The van der Waals surface area contributed by atoms with Crippen molar-refractivity contribution in [1.82, 2.24) is 0 Å². The van der Waals surface area contributed by atoms with Crippen LogP contribution in [0.5, 0.6) is 0 Å². The predicted molar refractivity (Wildman–Crippen MR) is 49.2 cm³/mol. The lowest BCUT2D eigenvalue weighted by molar-refractivity contribution is 0.195. The topological polar surface area (TPSA) is 21.3 Å². The minimum atomic E-state index is -0.560. The molecule has 0 aromatic heterocycles. The van der Waals surface area contributed by atoms with Crippen LogP contribution in [0.3, 0.4) is 0 Å². The maximum Gasteiger partial charge on any atom is 0.149 e. The largest absolute Gasteiger partial charge is 0.379 e. The fourth-order valence-electron chi connectivity index (χ4n) is 1.47. The van der Waals surface area contributed by atoms with Gasteiger partial charge in [-0.3, -0.25) is 0 Å². The average Bonchev–Trinajstić information content (AvgIpc) is 2.62. The molecular weight excluding hydrogens is 188 g/mol. The van der Waals surface area contributed by atoms with Gasteiger partial charge in [-0.25, -0.2) is 8.78 Å². The summed E-state index contributed by atoms with van der Waals surface area (Å²) in [5, 5.41) is 2.97. The Hall–Kier alpha value is -1.16. The Bertz CT molecular complexity index is 324. The van der Waals surface area contributed by atoms with Crippen molar-refractivity contribution in [2.45, 2.75) is 12.5 Å². The lowest BCUT2D eigenvalue weighted by Crippen LogP contribution is -2.19. The Labute approximate surface area is 80.9 Å². The van der Waals surface area contributed by atoms with Crippen LogP contribution in [0.25, 0.3) is 0 Å². The summed E-state index contributed by atoms with van der Waals surface area (Å²) in [6.07, 6.45) is 0.858. The normalized spacial score (nSPS) is 21.1. The molecule has 1 aromatic carbocycles. The smallest absolute Gasteiger partial charge is 0.149 e.